The van der Waals surface area contributed by atoms with Gasteiger partial charge in [0.05, 0.1) is 5.69 Å². The van der Waals surface area contributed by atoms with Crippen LogP contribution in [0.4, 0.5) is 5.82 Å². The fourth-order valence-corrected chi connectivity index (χ4v) is 1.97. The number of hydrogen-bond donors (Lipinski definition) is 1. The van der Waals surface area contributed by atoms with Gasteiger partial charge in [0, 0.05) is 21.7 Å². The Bertz CT molecular complexity index is 451. The van der Waals surface area contributed by atoms with Crippen LogP contribution in [0.1, 0.15) is 5.82 Å². The van der Waals surface area contributed by atoms with Gasteiger partial charge in [-0.1, -0.05) is 23.2 Å². The van der Waals surface area contributed by atoms with Crippen molar-refractivity contribution in [2.45, 2.75) is 6.92 Å². The smallest absolute Gasteiger partial charge is 0.128 e. The minimum absolute atomic E-state index is 0.429. The van der Waals surface area contributed by atoms with E-state index in [0.717, 1.165) is 11.3 Å². The van der Waals surface area contributed by atoms with Gasteiger partial charge < -0.3 is 5.73 Å². The van der Waals surface area contributed by atoms with Crippen molar-refractivity contribution >= 4 is 29.0 Å². The molecule has 0 spiro atoms. The number of benzene rings is 1. The van der Waals surface area contributed by atoms with Gasteiger partial charge >= 0.3 is 0 Å². The third-order valence-corrected chi connectivity index (χ3v) is 2.45. The van der Waals surface area contributed by atoms with Gasteiger partial charge in [0.2, 0.25) is 0 Å². The zero-order chi connectivity index (χ0) is 11.7. The van der Waals surface area contributed by atoms with Crippen molar-refractivity contribution in [1.29, 1.82) is 0 Å². The quantitative estimate of drug-likeness (QED) is 0.849. The molecule has 0 bridgehead atoms. The molecule has 82 valence electrons. The van der Waals surface area contributed by atoms with Crippen LogP contribution in [0.25, 0.3) is 11.3 Å². The highest BCUT2D eigenvalue weighted by atomic mass is 35.5. The van der Waals surface area contributed by atoms with Crippen molar-refractivity contribution < 1.29 is 0 Å². The Labute approximate surface area is 103 Å². The second kappa shape index (κ2) is 4.28. The van der Waals surface area contributed by atoms with Crippen molar-refractivity contribution in [3.63, 3.8) is 0 Å². The number of halogens is 2. The van der Waals surface area contributed by atoms with Crippen LogP contribution >= 0.6 is 23.2 Å². The zero-order valence-electron chi connectivity index (χ0n) is 8.54. The molecule has 3 nitrogen and oxygen atoms in total. The van der Waals surface area contributed by atoms with E-state index in [1.54, 1.807) is 31.2 Å². The maximum atomic E-state index is 5.92. The molecular formula is C11H9Cl2N3. The average Bonchev–Trinajstić information content (AvgIpc) is 2.14. The summed E-state index contributed by atoms with van der Waals surface area (Å²) < 4.78 is 0. The van der Waals surface area contributed by atoms with E-state index in [1.807, 2.05) is 0 Å². The lowest BCUT2D eigenvalue weighted by molar-refractivity contribution is 1.07. The maximum absolute atomic E-state index is 5.92. The van der Waals surface area contributed by atoms with Gasteiger partial charge in [0.15, 0.2) is 0 Å². The van der Waals surface area contributed by atoms with Crippen LogP contribution in [0.5, 0.6) is 0 Å². The van der Waals surface area contributed by atoms with E-state index in [4.69, 9.17) is 28.9 Å². The Morgan fingerprint density at radius 1 is 1.00 bits per heavy atom. The predicted octanol–water partition coefficient (Wildman–Crippen LogP) is 3.34. The topological polar surface area (TPSA) is 51.8 Å². The molecule has 2 N–H and O–H groups in total. The van der Waals surface area contributed by atoms with Crippen LogP contribution < -0.4 is 5.73 Å². The molecule has 0 saturated carbocycles. The van der Waals surface area contributed by atoms with Gasteiger partial charge in [-0.25, -0.2) is 9.97 Å². The van der Waals surface area contributed by atoms with Crippen molar-refractivity contribution in [1.82, 2.24) is 9.97 Å². The molecule has 0 aliphatic carbocycles. The van der Waals surface area contributed by atoms with Crippen LogP contribution in [-0.2, 0) is 0 Å². The third kappa shape index (κ3) is 2.43. The van der Waals surface area contributed by atoms with Gasteiger partial charge in [-0.2, -0.15) is 0 Å². The second-order valence-corrected chi connectivity index (χ2v) is 4.26. The molecule has 0 amide bonds. The van der Waals surface area contributed by atoms with Crippen LogP contribution in [0.2, 0.25) is 10.0 Å². The molecule has 0 radical (unpaired) electrons. The Kier molecular flexibility index (Phi) is 2.99. The van der Waals surface area contributed by atoms with Gasteiger partial charge in [-0.05, 0) is 25.1 Å². The maximum Gasteiger partial charge on any atom is 0.128 e. The highest BCUT2D eigenvalue weighted by Crippen LogP contribution is 2.26. The van der Waals surface area contributed by atoms with Gasteiger partial charge in [-0.3, -0.25) is 0 Å². The molecule has 0 aliphatic heterocycles. The Hall–Kier alpha value is -1.32. The summed E-state index contributed by atoms with van der Waals surface area (Å²) in [4.78, 5) is 8.28. The summed E-state index contributed by atoms with van der Waals surface area (Å²) in [5.74, 6) is 1.05. The summed E-state index contributed by atoms with van der Waals surface area (Å²) in [7, 11) is 0. The van der Waals surface area contributed by atoms with E-state index in [2.05, 4.69) is 9.97 Å². The van der Waals surface area contributed by atoms with Crippen molar-refractivity contribution in [2.75, 3.05) is 5.73 Å². The molecule has 5 heteroatoms. The first-order valence-corrected chi connectivity index (χ1v) is 5.38. The number of aryl methyl sites for hydroxylation is 1. The van der Waals surface area contributed by atoms with Gasteiger partial charge in [0.1, 0.15) is 11.6 Å². The molecule has 0 fully saturated rings. The Morgan fingerprint density at radius 2 is 1.62 bits per heavy atom. The summed E-state index contributed by atoms with van der Waals surface area (Å²) >= 11 is 11.8. The molecule has 2 aromatic rings. The van der Waals surface area contributed by atoms with Crippen molar-refractivity contribution in [3.05, 3.63) is 40.1 Å². The van der Waals surface area contributed by atoms with E-state index in [9.17, 15) is 0 Å². The Morgan fingerprint density at radius 3 is 2.19 bits per heavy atom. The molecule has 2 rings (SSSR count). The summed E-state index contributed by atoms with van der Waals surface area (Å²) in [6.45, 7) is 1.78. The lowest BCUT2D eigenvalue weighted by atomic mass is 10.1. The van der Waals surface area contributed by atoms with Crippen LogP contribution in [0.15, 0.2) is 24.3 Å². The lowest BCUT2D eigenvalue weighted by Crippen LogP contribution is -1.97. The highest BCUT2D eigenvalue weighted by Gasteiger charge is 2.05. The molecule has 0 saturated heterocycles. The highest BCUT2D eigenvalue weighted by molar-refractivity contribution is 6.35. The van der Waals surface area contributed by atoms with Gasteiger partial charge in [0.25, 0.3) is 0 Å². The molecular weight excluding hydrogens is 245 g/mol. The molecule has 0 aliphatic rings. The molecule has 1 aromatic heterocycles. The molecule has 16 heavy (non-hydrogen) atoms. The molecule has 0 atom stereocenters. The van der Waals surface area contributed by atoms with E-state index in [1.165, 1.54) is 0 Å². The first-order valence-electron chi connectivity index (χ1n) is 4.62. The third-order valence-electron chi connectivity index (χ3n) is 2.02. The van der Waals surface area contributed by atoms with E-state index >= 15 is 0 Å². The molecule has 1 heterocycles. The first-order chi connectivity index (χ1) is 7.54. The van der Waals surface area contributed by atoms with E-state index < -0.39 is 0 Å². The number of aromatic nitrogens is 2. The number of nitrogen functional groups attached to an aromatic ring is 1. The normalized spacial score (nSPS) is 10.4. The first kappa shape index (κ1) is 11.2. The zero-order valence-corrected chi connectivity index (χ0v) is 10.0. The minimum Gasteiger partial charge on any atom is -0.384 e. The average molecular weight is 254 g/mol. The Balaban J connectivity index is 2.57. The fraction of sp³-hybridized carbons (Fsp3) is 0.0909. The van der Waals surface area contributed by atoms with Crippen molar-refractivity contribution in [2.24, 2.45) is 0 Å². The van der Waals surface area contributed by atoms with Crippen LogP contribution in [-0.4, -0.2) is 9.97 Å². The fourth-order valence-electron chi connectivity index (χ4n) is 1.44. The van der Waals surface area contributed by atoms with Gasteiger partial charge in [-0.15, -0.1) is 0 Å². The summed E-state index contributed by atoms with van der Waals surface area (Å²) in [5.41, 5.74) is 7.20. The summed E-state index contributed by atoms with van der Waals surface area (Å²) in [6, 6.07) is 6.93. The number of nitrogens with two attached hydrogens (primary N) is 1. The summed E-state index contributed by atoms with van der Waals surface area (Å²) in [5, 5.41) is 1.13. The number of rotatable bonds is 1. The monoisotopic (exact) mass is 253 g/mol. The van der Waals surface area contributed by atoms with Crippen LogP contribution in [0, 0.1) is 6.92 Å². The minimum atomic E-state index is 0.429. The molecule has 0 unspecified atom stereocenters. The standard InChI is InChI=1S/C11H9Cl2N3/c1-6-15-10(5-11(14)16-6)7-2-8(12)4-9(13)3-7/h2-5H,1H3,(H2,14,15,16). The predicted molar refractivity (Wildman–Crippen MR) is 66.6 cm³/mol. The lowest BCUT2D eigenvalue weighted by Gasteiger charge is -2.04. The van der Waals surface area contributed by atoms with E-state index in [-0.39, 0.29) is 0 Å². The number of nitrogens with zero attached hydrogens (tertiary/aromatic N) is 2. The number of anilines is 1. The number of hydrogen-bond acceptors (Lipinski definition) is 3. The SMILES string of the molecule is Cc1nc(N)cc(-c2cc(Cl)cc(Cl)c2)n1. The second-order valence-electron chi connectivity index (χ2n) is 3.38. The summed E-state index contributed by atoms with van der Waals surface area (Å²) in [6.07, 6.45) is 0. The largest absolute Gasteiger partial charge is 0.384 e. The molecule has 1 aromatic carbocycles. The van der Waals surface area contributed by atoms with E-state index in [0.29, 0.717) is 21.7 Å². The van der Waals surface area contributed by atoms with Crippen molar-refractivity contribution in [3.8, 4) is 11.3 Å². The van der Waals surface area contributed by atoms with Crippen LogP contribution in [0.3, 0.4) is 0 Å².